The van der Waals surface area contributed by atoms with Gasteiger partial charge in [0.15, 0.2) is 11.5 Å². The Labute approximate surface area is 225 Å². The number of urea groups is 1. The van der Waals surface area contributed by atoms with Crippen LogP contribution in [0.15, 0.2) is 64.6 Å². The molecule has 0 aliphatic carbocycles. The van der Waals surface area contributed by atoms with E-state index in [-0.39, 0.29) is 17.2 Å². The minimum atomic E-state index is -0.829. The number of methoxy groups -OCH3 is 1. The molecular weight excluding hydrogens is 571 g/mol. The van der Waals surface area contributed by atoms with E-state index in [0.717, 1.165) is 20.5 Å². The highest BCUT2D eigenvalue weighted by Gasteiger charge is 2.37. The van der Waals surface area contributed by atoms with Crippen molar-refractivity contribution in [2.75, 3.05) is 12.0 Å². The summed E-state index contributed by atoms with van der Waals surface area (Å²) >= 11 is 15.9. The van der Waals surface area contributed by atoms with Gasteiger partial charge in [0, 0.05) is 9.50 Å². The first-order chi connectivity index (χ1) is 17.2. The highest BCUT2D eigenvalue weighted by atomic mass is 79.9. The maximum atomic E-state index is 13.2. The zero-order valence-electron chi connectivity index (χ0n) is 19.1. The molecule has 0 spiro atoms. The lowest BCUT2D eigenvalue weighted by Crippen LogP contribution is -2.54. The quantitative estimate of drug-likeness (QED) is 0.269. The van der Waals surface area contributed by atoms with Crippen molar-refractivity contribution in [2.45, 2.75) is 13.5 Å². The van der Waals surface area contributed by atoms with Gasteiger partial charge in [-0.1, -0.05) is 51.3 Å². The van der Waals surface area contributed by atoms with Crippen molar-refractivity contribution in [3.05, 3.63) is 91.4 Å². The van der Waals surface area contributed by atoms with Gasteiger partial charge in [-0.15, -0.1) is 0 Å². The summed E-state index contributed by atoms with van der Waals surface area (Å²) in [4.78, 5) is 39.2. The topological polar surface area (TPSA) is 84.9 Å². The van der Waals surface area contributed by atoms with E-state index in [1.54, 1.807) is 36.4 Å². The number of halogens is 3. The predicted octanol–water partition coefficient (Wildman–Crippen LogP) is 6.32. The van der Waals surface area contributed by atoms with Gasteiger partial charge in [0.25, 0.3) is 11.8 Å². The van der Waals surface area contributed by atoms with Crippen molar-refractivity contribution in [1.82, 2.24) is 5.32 Å². The Kier molecular flexibility index (Phi) is 7.68. The number of benzene rings is 3. The second kappa shape index (κ2) is 10.7. The molecule has 1 N–H and O–H groups in total. The van der Waals surface area contributed by atoms with Gasteiger partial charge in [-0.2, -0.15) is 0 Å². The second-order valence-corrected chi connectivity index (χ2v) is 9.54. The normalized spacial score (nSPS) is 14.8. The summed E-state index contributed by atoms with van der Waals surface area (Å²) < 4.78 is 12.1. The Morgan fingerprint density at radius 1 is 1.06 bits per heavy atom. The number of rotatable bonds is 6. The average molecular weight is 590 g/mol. The summed E-state index contributed by atoms with van der Waals surface area (Å²) in [7, 11) is 1.45. The van der Waals surface area contributed by atoms with Gasteiger partial charge in [0.1, 0.15) is 12.2 Å². The number of carbonyl (C=O) groups excluding carboxylic acids is 3. The first kappa shape index (κ1) is 25.8. The van der Waals surface area contributed by atoms with Crippen molar-refractivity contribution < 1.29 is 23.9 Å². The molecule has 1 saturated heterocycles. The maximum absolute atomic E-state index is 13.2. The van der Waals surface area contributed by atoms with Crippen molar-refractivity contribution >= 4 is 68.7 Å². The monoisotopic (exact) mass is 588 g/mol. The van der Waals surface area contributed by atoms with E-state index in [1.165, 1.54) is 19.3 Å². The van der Waals surface area contributed by atoms with Gasteiger partial charge in [0.05, 0.1) is 17.8 Å². The third-order valence-corrected chi connectivity index (χ3v) is 6.74. The Balaban J connectivity index is 1.65. The van der Waals surface area contributed by atoms with Crippen molar-refractivity contribution in [3.8, 4) is 11.5 Å². The molecule has 0 bridgehead atoms. The maximum Gasteiger partial charge on any atom is 0.335 e. The number of nitrogens with one attached hydrogen (secondary N) is 1. The van der Waals surface area contributed by atoms with Crippen molar-refractivity contribution in [2.24, 2.45) is 0 Å². The van der Waals surface area contributed by atoms with Crippen LogP contribution in [0.1, 0.15) is 16.7 Å². The van der Waals surface area contributed by atoms with E-state index in [0.29, 0.717) is 27.8 Å². The molecule has 4 rings (SSSR count). The van der Waals surface area contributed by atoms with E-state index >= 15 is 0 Å². The van der Waals surface area contributed by atoms with E-state index < -0.39 is 17.8 Å². The van der Waals surface area contributed by atoms with E-state index in [4.69, 9.17) is 32.7 Å². The second-order valence-electron chi connectivity index (χ2n) is 7.84. The fourth-order valence-corrected chi connectivity index (χ4v) is 4.31. The number of aryl methyl sites for hydroxylation is 1. The molecule has 0 saturated carbocycles. The molecule has 3 aromatic carbocycles. The van der Waals surface area contributed by atoms with E-state index in [9.17, 15) is 14.4 Å². The molecule has 7 nitrogen and oxygen atoms in total. The highest BCUT2D eigenvalue weighted by molar-refractivity contribution is 9.10. The molecule has 184 valence electrons. The average Bonchev–Trinajstić information content (AvgIpc) is 2.83. The zero-order valence-corrected chi connectivity index (χ0v) is 22.2. The van der Waals surface area contributed by atoms with Crippen LogP contribution in [0.2, 0.25) is 10.0 Å². The van der Waals surface area contributed by atoms with Crippen LogP contribution in [0.5, 0.6) is 11.5 Å². The molecule has 0 aromatic heterocycles. The van der Waals surface area contributed by atoms with Gasteiger partial charge >= 0.3 is 6.03 Å². The fraction of sp³-hybridized carbons (Fsp3) is 0.115. The van der Waals surface area contributed by atoms with Crippen LogP contribution in [0, 0.1) is 6.92 Å². The number of nitrogens with zero attached hydrogens (tertiary/aromatic N) is 1. The van der Waals surface area contributed by atoms with Gasteiger partial charge in [-0.05, 0) is 72.2 Å². The SMILES string of the molecule is COc1cc(/C=C2/C(=O)NC(=O)N(c3ccc(Br)c(C)c3)C2=O)cc(Cl)c1OCc1cccc(Cl)c1. The highest BCUT2D eigenvalue weighted by Crippen LogP contribution is 2.38. The van der Waals surface area contributed by atoms with Gasteiger partial charge in [0.2, 0.25) is 0 Å². The Bertz CT molecular complexity index is 1420. The summed E-state index contributed by atoms with van der Waals surface area (Å²) in [6.07, 6.45) is 1.35. The summed E-state index contributed by atoms with van der Waals surface area (Å²) in [5.74, 6) is -0.979. The van der Waals surface area contributed by atoms with Gasteiger partial charge in [-0.25, -0.2) is 9.69 Å². The van der Waals surface area contributed by atoms with E-state index in [1.807, 2.05) is 19.1 Å². The predicted molar refractivity (Wildman–Crippen MR) is 142 cm³/mol. The first-order valence-corrected chi connectivity index (χ1v) is 12.1. The molecule has 0 atom stereocenters. The standard InChI is InChI=1S/C26H19BrCl2N2O5/c1-14-8-18(6-7-20(14)27)31-25(33)19(24(32)30-26(31)34)10-16-11-21(29)23(22(12-16)35-2)36-13-15-4-3-5-17(28)9-15/h3-12H,13H2,1-2H3,(H,30,32,34)/b19-10-. The van der Waals surface area contributed by atoms with Crippen LogP contribution in [0.3, 0.4) is 0 Å². The lowest BCUT2D eigenvalue weighted by atomic mass is 10.1. The molecule has 10 heteroatoms. The van der Waals surface area contributed by atoms with Crippen LogP contribution in [0.4, 0.5) is 10.5 Å². The van der Waals surface area contributed by atoms with Crippen molar-refractivity contribution in [1.29, 1.82) is 0 Å². The first-order valence-electron chi connectivity index (χ1n) is 10.6. The van der Waals surface area contributed by atoms with Crippen LogP contribution >= 0.6 is 39.1 Å². The van der Waals surface area contributed by atoms with Gasteiger partial charge < -0.3 is 9.47 Å². The number of carbonyl (C=O) groups is 3. The Morgan fingerprint density at radius 3 is 2.53 bits per heavy atom. The number of barbiturate groups is 1. The molecule has 1 heterocycles. The lowest BCUT2D eigenvalue weighted by Gasteiger charge is -2.26. The molecule has 4 amide bonds. The number of ether oxygens (including phenoxy) is 2. The summed E-state index contributed by atoms with van der Waals surface area (Å²) in [5, 5.41) is 3.00. The molecule has 1 aliphatic rings. The molecule has 0 radical (unpaired) electrons. The van der Waals surface area contributed by atoms with Crippen LogP contribution in [-0.2, 0) is 16.2 Å². The zero-order chi connectivity index (χ0) is 26.0. The fourth-order valence-electron chi connectivity index (χ4n) is 3.57. The smallest absolute Gasteiger partial charge is 0.335 e. The van der Waals surface area contributed by atoms with Gasteiger partial charge in [-0.3, -0.25) is 14.9 Å². The lowest BCUT2D eigenvalue weighted by molar-refractivity contribution is -0.122. The number of anilines is 1. The summed E-state index contributed by atoms with van der Waals surface area (Å²) in [6.45, 7) is 2.02. The van der Waals surface area contributed by atoms with Crippen LogP contribution in [0.25, 0.3) is 6.08 Å². The number of hydrogen-bond donors (Lipinski definition) is 1. The third kappa shape index (κ3) is 5.41. The molecule has 3 aromatic rings. The molecular formula is C26H19BrCl2N2O5. The van der Waals surface area contributed by atoms with Crippen molar-refractivity contribution in [3.63, 3.8) is 0 Å². The third-order valence-electron chi connectivity index (χ3n) is 5.34. The number of imide groups is 2. The number of amides is 4. The molecule has 0 unspecified atom stereocenters. The minimum Gasteiger partial charge on any atom is -0.493 e. The summed E-state index contributed by atoms with van der Waals surface area (Å²) in [5.41, 5.74) is 2.16. The Morgan fingerprint density at radius 2 is 1.83 bits per heavy atom. The molecule has 36 heavy (non-hydrogen) atoms. The van der Waals surface area contributed by atoms with Crippen LogP contribution < -0.4 is 19.7 Å². The largest absolute Gasteiger partial charge is 0.493 e. The Hall–Kier alpha value is -3.33. The summed E-state index contributed by atoms with van der Waals surface area (Å²) in [6, 6.07) is 14.5. The number of hydrogen-bond acceptors (Lipinski definition) is 5. The minimum absolute atomic E-state index is 0.196. The van der Waals surface area contributed by atoms with Crippen LogP contribution in [-0.4, -0.2) is 25.0 Å². The van der Waals surface area contributed by atoms with E-state index in [2.05, 4.69) is 21.2 Å². The molecule has 1 fully saturated rings. The molecule has 1 aliphatic heterocycles.